The minimum Gasteiger partial charge on any atom is -0.454 e. The summed E-state index contributed by atoms with van der Waals surface area (Å²) in [4.78, 5) is 60.3. The van der Waals surface area contributed by atoms with Crippen LogP contribution in [0.2, 0.25) is 0 Å². The molecule has 2 rings (SSSR count). The van der Waals surface area contributed by atoms with Crippen molar-refractivity contribution in [2.24, 2.45) is 7.05 Å². The zero-order chi connectivity index (χ0) is 19.4. The molecule has 1 aromatic heterocycles. The van der Waals surface area contributed by atoms with Crippen molar-refractivity contribution in [1.82, 2.24) is 9.55 Å². The molecule has 0 unspecified atom stereocenters. The highest BCUT2D eigenvalue weighted by atomic mass is 16.5. The van der Waals surface area contributed by atoms with Gasteiger partial charge in [-0.25, -0.2) is 9.59 Å². The molecule has 0 atom stereocenters. The Morgan fingerprint density at radius 3 is 2.62 bits per heavy atom. The quantitative estimate of drug-likeness (QED) is 0.486. The van der Waals surface area contributed by atoms with Crippen LogP contribution in [0.3, 0.4) is 0 Å². The number of nitrogens with zero attached hydrogens (tertiary/aromatic N) is 1. The van der Waals surface area contributed by atoms with Crippen molar-refractivity contribution >= 4 is 29.2 Å². The van der Waals surface area contributed by atoms with Crippen LogP contribution >= 0.6 is 0 Å². The van der Waals surface area contributed by atoms with E-state index in [0.29, 0.717) is 5.69 Å². The SMILES string of the molecule is CC(=O)Nc1cccc(C(=O)OCC(=O)c2c(N)n(C)c(=O)[nH]c2=O)c1. The van der Waals surface area contributed by atoms with E-state index in [0.717, 1.165) is 4.57 Å². The van der Waals surface area contributed by atoms with Crippen molar-refractivity contribution in [2.45, 2.75) is 6.92 Å². The van der Waals surface area contributed by atoms with E-state index < -0.39 is 35.2 Å². The Kier molecular flexibility index (Phi) is 5.36. The number of hydrogen-bond acceptors (Lipinski definition) is 7. The highest BCUT2D eigenvalue weighted by Gasteiger charge is 2.20. The summed E-state index contributed by atoms with van der Waals surface area (Å²) < 4.78 is 5.78. The lowest BCUT2D eigenvalue weighted by atomic mass is 10.2. The fourth-order valence-electron chi connectivity index (χ4n) is 2.12. The molecule has 0 saturated carbocycles. The maximum absolute atomic E-state index is 12.1. The molecule has 136 valence electrons. The summed E-state index contributed by atoms with van der Waals surface area (Å²) in [6.45, 7) is 0.577. The molecule has 10 nitrogen and oxygen atoms in total. The van der Waals surface area contributed by atoms with Crippen molar-refractivity contribution in [1.29, 1.82) is 0 Å². The van der Waals surface area contributed by atoms with Gasteiger partial charge in [0.1, 0.15) is 11.4 Å². The van der Waals surface area contributed by atoms with Crippen LogP contribution in [0.25, 0.3) is 0 Å². The van der Waals surface area contributed by atoms with Gasteiger partial charge in [0, 0.05) is 19.7 Å². The summed E-state index contributed by atoms with van der Waals surface area (Å²) in [7, 11) is 1.28. The lowest BCUT2D eigenvalue weighted by molar-refractivity contribution is -0.114. The van der Waals surface area contributed by atoms with Gasteiger partial charge in [-0.1, -0.05) is 6.07 Å². The predicted molar refractivity (Wildman–Crippen MR) is 92.1 cm³/mol. The van der Waals surface area contributed by atoms with E-state index in [9.17, 15) is 24.0 Å². The van der Waals surface area contributed by atoms with Gasteiger partial charge in [0.15, 0.2) is 6.61 Å². The Hall–Kier alpha value is -3.69. The summed E-state index contributed by atoms with van der Waals surface area (Å²) in [6, 6.07) is 5.92. The fraction of sp³-hybridized carbons (Fsp3) is 0.188. The first kappa shape index (κ1) is 18.6. The summed E-state index contributed by atoms with van der Waals surface area (Å²) in [5.41, 5.74) is 3.91. The first-order valence-electron chi connectivity index (χ1n) is 7.37. The molecule has 0 bridgehead atoms. The molecule has 4 N–H and O–H groups in total. The number of hydrogen-bond donors (Lipinski definition) is 3. The minimum absolute atomic E-state index is 0.103. The molecule has 0 saturated heterocycles. The first-order chi connectivity index (χ1) is 12.2. The van der Waals surface area contributed by atoms with Crippen LogP contribution in [0, 0.1) is 0 Å². The molecule has 1 aromatic carbocycles. The maximum atomic E-state index is 12.1. The third-order valence-electron chi connectivity index (χ3n) is 3.40. The van der Waals surface area contributed by atoms with Crippen LogP contribution in [0.1, 0.15) is 27.6 Å². The van der Waals surface area contributed by atoms with Gasteiger partial charge in [0.05, 0.1) is 5.56 Å². The molecular formula is C16H16N4O6. The van der Waals surface area contributed by atoms with Crippen molar-refractivity contribution in [3.05, 3.63) is 56.2 Å². The summed E-state index contributed by atoms with van der Waals surface area (Å²) in [5, 5.41) is 2.51. The molecule has 0 spiro atoms. The van der Waals surface area contributed by atoms with Crippen molar-refractivity contribution in [3.63, 3.8) is 0 Å². The van der Waals surface area contributed by atoms with E-state index in [1.165, 1.54) is 32.2 Å². The number of carbonyl (C=O) groups is 3. The van der Waals surface area contributed by atoms with Crippen molar-refractivity contribution in [3.8, 4) is 0 Å². The summed E-state index contributed by atoms with van der Waals surface area (Å²) >= 11 is 0. The number of anilines is 2. The van der Waals surface area contributed by atoms with Gasteiger partial charge in [0.25, 0.3) is 5.56 Å². The molecule has 26 heavy (non-hydrogen) atoms. The predicted octanol–water partition coefficient (Wildman–Crippen LogP) is -0.346. The lowest BCUT2D eigenvalue weighted by Crippen LogP contribution is -2.35. The van der Waals surface area contributed by atoms with Gasteiger partial charge in [-0.15, -0.1) is 0 Å². The highest BCUT2D eigenvalue weighted by Crippen LogP contribution is 2.12. The van der Waals surface area contributed by atoms with E-state index in [-0.39, 0.29) is 17.3 Å². The number of aromatic nitrogens is 2. The van der Waals surface area contributed by atoms with E-state index in [1.807, 2.05) is 4.98 Å². The minimum atomic E-state index is -0.959. The van der Waals surface area contributed by atoms with Crippen LogP contribution < -0.4 is 22.3 Å². The molecule has 1 heterocycles. The normalized spacial score (nSPS) is 10.2. The standard InChI is InChI=1S/C16H16N4O6/c1-8(21)18-10-5-3-4-9(6-10)15(24)26-7-11(22)12-13(17)20(2)16(25)19-14(12)23/h3-6H,7,17H2,1-2H3,(H,18,21)(H,19,23,25). The van der Waals surface area contributed by atoms with E-state index in [1.54, 1.807) is 6.07 Å². The van der Waals surface area contributed by atoms with Gasteiger partial charge >= 0.3 is 11.7 Å². The molecule has 0 aliphatic rings. The lowest BCUT2D eigenvalue weighted by Gasteiger charge is -2.09. The van der Waals surface area contributed by atoms with Crippen LogP contribution in [-0.2, 0) is 16.6 Å². The van der Waals surface area contributed by atoms with Crippen molar-refractivity contribution < 1.29 is 19.1 Å². The molecule has 0 radical (unpaired) electrons. The van der Waals surface area contributed by atoms with Gasteiger partial charge in [-0.2, -0.15) is 0 Å². The highest BCUT2D eigenvalue weighted by molar-refractivity contribution is 6.02. The van der Waals surface area contributed by atoms with Crippen LogP contribution in [-0.4, -0.2) is 33.8 Å². The van der Waals surface area contributed by atoms with Crippen LogP contribution in [0.4, 0.5) is 11.5 Å². The number of amides is 1. The second-order valence-electron chi connectivity index (χ2n) is 5.34. The number of aromatic amines is 1. The summed E-state index contributed by atoms with van der Waals surface area (Å²) in [6.07, 6.45) is 0. The Balaban J connectivity index is 2.14. The zero-order valence-corrected chi connectivity index (χ0v) is 14.0. The Morgan fingerprint density at radius 1 is 1.27 bits per heavy atom. The number of ketones is 1. The average Bonchev–Trinajstić information content (AvgIpc) is 2.57. The van der Waals surface area contributed by atoms with Gasteiger partial charge in [-0.3, -0.25) is 23.9 Å². The number of benzene rings is 1. The third kappa shape index (κ3) is 4.04. The van der Waals surface area contributed by atoms with Crippen LogP contribution in [0.5, 0.6) is 0 Å². The smallest absolute Gasteiger partial charge is 0.338 e. The molecule has 1 amide bonds. The second-order valence-corrected chi connectivity index (χ2v) is 5.34. The molecule has 0 aliphatic carbocycles. The van der Waals surface area contributed by atoms with E-state index in [4.69, 9.17) is 10.5 Å². The monoisotopic (exact) mass is 360 g/mol. The number of Topliss-reactive ketones (excluding diaryl/α,β-unsaturated/α-hetero) is 1. The van der Waals surface area contributed by atoms with Gasteiger partial charge in [0.2, 0.25) is 11.7 Å². The number of nitrogens with two attached hydrogens (primary N) is 1. The third-order valence-corrected chi connectivity index (χ3v) is 3.40. The van der Waals surface area contributed by atoms with E-state index >= 15 is 0 Å². The molecule has 0 aliphatic heterocycles. The topological polar surface area (TPSA) is 153 Å². The average molecular weight is 360 g/mol. The molecule has 10 heteroatoms. The number of esters is 1. The number of ether oxygens (including phenoxy) is 1. The molecular weight excluding hydrogens is 344 g/mol. The molecule has 2 aromatic rings. The largest absolute Gasteiger partial charge is 0.454 e. The second kappa shape index (κ2) is 7.47. The molecule has 0 fully saturated rings. The number of carbonyl (C=O) groups excluding carboxylic acids is 3. The fourth-order valence-corrected chi connectivity index (χ4v) is 2.12. The van der Waals surface area contributed by atoms with Crippen molar-refractivity contribution in [2.75, 3.05) is 17.7 Å². The maximum Gasteiger partial charge on any atom is 0.338 e. The Bertz CT molecular complexity index is 1000. The zero-order valence-electron chi connectivity index (χ0n) is 14.0. The Morgan fingerprint density at radius 2 is 1.96 bits per heavy atom. The van der Waals surface area contributed by atoms with Gasteiger partial charge in [-0.05, 0) is 18.2 Å². The number of rotatable bonds is 5. The Labute approximate surface area is 146 Å². The van der Waals surface area contributed by atoms with Gasteiger partial charge < -0.3 is 15.8 Å². The summed E-state index contributed by atoms with van der Waals surface area (Å²) in [5.74, 6) is -2.32. The van der Waals surface area contributed by atoms with Crippen LogP contribution in [0.15, 0.2) is 33.9 Å². The first-order valence-corrected chi connectivity index (χ1v) is 7.37. The van der Waals surface area contributed by atoms with E-state index in [2.05, 4.69) is 5.32 Å². The number of H-pyrrole nitrogens is 1. The number of nitrogen functional groups attached to an aromatic ring is 1. The number of nitrogens with one attached hydrogen (secondary N) is 2.